The molecule has 0 amide bonds. The van der Waals surface area contributed by atoms with E-state index in [0.29, 0.717) is 22.6 Å². The van der Waals surface area contributed by atoms with Crippen LogP contribution in [0, 0.1) is 0 Å². The third-order valence-electron chi connectivity index (χ3n) is 4.37. The molecule has 9 nitrogen and oxygen atoms in total. The SMILES string of the molecule is C=C(OO)Oc1cc2c(cc1O)C(C)(C)c1cc(O)c(OCC(=O)O)cc1O2. The Morgan fingerprint density at radius 3 is 2.14 bits per heavy atom. The van der Waals surface area contributed by atoms with Crippen LogP contribution < -0.4 is 14.2 Å². The van der Waals surface area contributed by atoms with Gasteiger partial charge in [0.25, 0.3) is 0 Å². The number of carbonyl (C=O) groups is 1. The average molecular weight is 390 g/mol. The first-order valence-electron chi connectivity index (χ1n) is 8.09. The van der Waals surface area contributed by atoms with Crippen LogP contribution in [0.5, 0.6) is 34.5 Å². The fraction of sp³-hybridized carbons (Fsp3) is 0.211. The molecule has 0 saturated carbocycles. The number of fused-ring (bicyclic) bond motifs is 2. The molecule has 1 aliphatic heterocycles. The van der Waals surface area contributed by atoms with Crippen molar-refractivity contribution in [3.63, 3.8) is 0 Å². The van der Waals surface area contributed by atoms with Crippen LogP contribution in [-0.4, -0.2) is 33.2 Å². The van der Waals surface area contributed by atoms with E-state index in [1.54, 1.807) is 0 Å². The molecule has 1 heterocycles. The molecule has 0 radical (unpaired) electrons. The third-order valence-corrected chi connectivity index (χ3v) is 4.37. The van der Waals surface area contributed by atoms with E-state index in [1.807, 2.05) is 13.8 Å². The average Bonchev–Trinajstić information content (AvgIpc) is 2.62. The Labute approximate surface area is 159 Å². The molecule has 0 spiro atoms. The predicted octanol–water partition coefficient (Wildman–Crippen LogP) is 3.33. The topological polar surface area (TPSA) is 135 Å². The van der Waals surface area contributed by atoms with Gasteiger partial charge in [-0.2, -0.15) is 5.26 Å². The van der Waals surface area contributed by atoms with Crippen molar-refractivity contribution in [3.05, 3.63) is 47.9 Å². The van der Waals surface area contributed by atoms with Gasteiger partial charge >= 0.3 is 11.9 Å². The minimum atomic E-state index is -1.19. The van der Waals surface area contributed by atoms with Gasteiger partial charge in [0.2, 0.25) is 0 Å². The van der Waals surface area contributed by atoms with Crippen molar-refractivity contribution in [2.45, 2.75) is 19.3 Å². The molecule has 0 bridgehead atoms. The van der Waals surface area contributed by atoms with E-state index in [2.05, 4.69) is 11.5 Å². The highest BCUT2D eigenvalue weighted by atomic mass is 17.1. The molecule has 28 heavy (non-hydrogen) atoms. The van der Waals surface area contributed by atoms with E-state index in [4.69, 9.17) is 24.6 Å². The van der Waals surface area contributed by atoms with Gasteiger partial charge in [0.05, 0.1) is 0 Å². The fourth-order valence-electron chi connectivity index (χ4n) is 2.99. The number of benzene rings is 2. The standard InChI is InChI=1S/C19H18O9/c1-9(28-24)26-17-7-15-11(5-13(17)21)19(2,3)10-4-12(20)16(6-14(10)27-15)25-8-18(22)23/h4-7,20-21,24H,1,8H2,2-3H3,(H,22,23). The van der Waals surface area contributed by atoms with Gasteiger partial charge in [0, 0.05) is 28.7 Å². The number of ether oxygens (including phenoxy) is 3. The monoisotopic (exact) mass is 390 g/mol. The zero-order valence-corrected chi connectivity index (χ0v) is 15.1. The highest BCUT2D eigenvalue weighted by Crippen LogP contribution is 2.53. The second-order valence-electron chi connectivity index (χ2n) is 6.61. The largest absolute Gasteiger partial charge is 0.504 e. The van der Waals surface area contributed by atoms with Crippen LogP contribution in [0.4, 0.5) is 0 Å². The van der Waals surface area contributed by atoms with Crippen molar-refractivity contribution in [2.75, 3.05) is 6.61 Å². The number of rotatable bonds is 6. The number of phenols is 2. The van der Waals surface area contributed by atoms with Crippen LogP contribution in [0.3, 0.4) is 0 Å². The summed E-state index contributed by atoms with van der Waals surface area (Å²) in [6.07, 6.45) is 0. The lowest BCUT2D eigenvalue weighted by Gasteiger charge is -2.35. The molecule has 0 saturated heterocycles. The lowest BCUT2D eigenvalue weighted by atomic mass is 9.75. The minimum absolute atomic E-state index is 0.0438. The summed E-state index contributed by atoms with van der Waals surface area (Å²) in [5, 5.41) is 37.7. The van der Waals surface area contributed by atoms with Gasteiger partial charge in [-0.3, -0.25) is 0 Å². The minimum Gasteiger partial charge on any atom is -0.504 e. The summed E-state index contributed by atoms with van der Waals surface area (Å²) in [5.41, 5.74) is 0.530. The Kier molecular flexibility index (Phi) is 4.70. The number of carboxylic acids is 1. The van der Waals surface area contributed by atoms with E-state index in [1.165, 1.54) is 24.3 Å². The van der Waals surface area contributed by atoms with Crippen LogP contribution in [0.15, 0.2) is 36.8 Å². The summed E-state index contributed by atoms with van der Waals surface area (Å²) < 4.78 is 16.0. The molecular weight excluding hydrogens is 372 g/mol. The van der Waals surface area contributed by atoms with Crippen molar-refractivity contribution >= 4 is 5.97 Å². The molecule has 0 aliphatic carbocycles. The van der Waals surface area contributed by atoms with Crippen molar-refractivity contribution in [1.82, 2.24) is 0 Å². The maximum Gasteiger partial charge on any atom is 0.341 e. The van der Waals surface area contributed by atoms with Crippen LogP contribution in [0.25, 0.3) is 0 Å². The molecule has 4 N–H and O–H groups in total. The molecule has 0 unspecified atom stereocenters. The molecular formula is C19H18O9. The van der Waals surface area contributed by atoms with Gasteiger partial charge in [0.1, 0.15) is 11.5 Å². The quantitative estimate of drug-likeness (QED) is 0.333. The molecule has 1 aliphatic rings. The number of hydrogen-bond acceptors (Lipinski definition) is 8. The Morgan fingerprint density at radius 1 is 1.07 bits per heavy atom. The van der Waals surface area contributed by atoms with Gasteiger partial charge in [-0.25, -0.2) is 4.79 Å². The first-order valence-corrected chi connectivity index (χ1v) is 8.09. The maximum absolute atomic E-state index is 10.7. The van der Waals surface area contributed by atoms with Crippen molar-refractivity contribution in [3.8, 4) is 34.5 Å². The zero-order chi connectivity index (χ0) is 20.6. The molecule has 148 valence electrons. The third kappa shape index (κ3) is 3.35. The summed E-state index contributed by atoms with van der Waals surface area (Å²) >= 11 is 0. The highest BCUT2D eigenvalue weighted by molar-refractivity contribution is 5.69. The lowest BCUT2D eigenvalue weighted by Crippen LogP contribution is -2.24. The summed E-state index contributed by atoms with van der Waals surface area (Å²) in [7, 11) is 0. The van der Waals surface area contributed by atoms with Gasteiger partial charge < -0.3 is 34.4 Å². The Balaban J connectivity index is 2.05. The van der Waals surface area contributed by atoms with E-state index < -0.39 is 23.9 Å². The molecule has 0 fully saturated rings. The van der Waals surface area contributed by atoms with Crippen LogP contribution in [0.1, 0.15) is 25.0 Å². The molecule has 2 aromatic carbocycles. The van der Waals surface area contributed by atoms with E-state index in [9.17, 15) is 15.0 Å². The summed E-state index contributed by atoms with van der Waals surface area (Å²) in [5.74, 6) is -1.53. The Morgan fingerprint density at radius 2 is 1.61 bits per heavy atom. The van der Waals surface area contributed by atoms with Gasteiger partial charge in [-0.15, -0.1) is 0 Å². The van der Waals surface area contributed by atoms with E-state index in [0.717, 1.165) is 0 Å². The molecule has 2 aromatic rings. The maximum atomic E-state index is 10.7. The number of phenolic OH excluding ortho intramolecular Hbond substituents is 2. The lowest BCUT2D eigenvalue weighted by molar-refractivity contribution is -0.230. The van der Waals surface area contributed by atoms with Crippen molar-refractivity contribution < 1.29 is 44.5 Å². The summed E-state index contributed by atoms with van der Waals surface area (Å²) in [4.78, 5) is 14.6. The number of aliphatic carboxylic acids is 1. The van der Waals surface area contributed by atoms with E-state index in [-0.39, 0.29) is 23.0 Å². The van der Waals surface area contributed by atoms with Crippen LogP contribution in [0.2, 0.25) is 0 Å². The first-order chi connectivity index (χ1) is 13.1. The highest BCUT2D eigenvalue weighted by Gasteiger charge is 2.36. The molecule has 9 heteroatoms. The Bertz CT molecular complexity index is 962. The van der Waals surface area contributed by atoms with Gasteiger partial charge in [0.15, 0.2) is 29.6 Å². The number of aromatic hydroxyl groups is 2. The first kappa shape index (κ1) is 19.2. The zero-order valence-electron chi connectivity index (χ0n) is 15.1. The van der Waals surface area contributed by atoms with Crippen molar-refractivity contribution in [2.24, 2.45) is 0 Å². The Hall–Kier alpha value is -3.59. The van der Waals surface area contributed by atoms with Gasteiger partial charge in [-0.1, -0.05) is 13.8 Å². The second kappa shape index (κ2) is 6.86. The molecule has 0 atom stereocenters. The molecule has 3 rings (SSSR count). The second-order valence-corrected chi connectivity index (χ2v) is 6.61. The van der Waals surface area contributed by atoms with Crippen LogP contribution >= 0.6 is 0 Å². The van der Waals surface area contributed by atoms with E-state index >= 15 is 0 Å². The smallest absolute Gasteiger partial charge is 0.341 e. The van der Waals surface area contributed by atoms with Gasteiger partial charge in [-0.05, 0) is 18.7 Å². The number of carboxylic acid groups (broad SMARTS) is 1. The van der Waals surface area contributed by atoms with Crippen molar-refractivity contribution in [1.29, 1.82) is 0 Å². The predicted molar refractivity (Wildman–Crippen MR) is 95.0 cm³/mol. The van der Waals surface area contributed by atoms with Crippen LogP contribution in [-0.2, 0) is 15.1 Å². The number of hydrogen-bond donors (Lipinski definition) is 4. The fourth-order valence-corrected chi connectivity index (χ4v) is 2.99. The molecule has 0 aromatic heterocycles. The summed E-state index contributed by atoms with van der Waals surface area (Å²) in [6.45, 7) is 6.40. The normalized spacial score (nSPS) is 13.5. The summed E-state index contributed by atoms with van der Waals surface area (Å²) in [6, 6.07) is 5.65.